The van der Waals surface area contributed by atoms with Crippen molar-refractivity contribution < 1.29 is 9.18 Å². The lowest BCUT2D eigenvalue weighted by Gasteiger charge is -2.30. The molecule has 1 aliphatic heterocycles. The third-order valence-corrected chi connectivity index (χ3v) is 6.61. The summed E-state index contributed by atoms with van der Waals surface area (Å²) >= 11 is 1.32. The first-order chi connectivity index (χ1) is 14.9. The highest BCUT2D eigenvalue weighted by Crippen LogP contribution is 2.41. The van der Waals surface area contributed by atoms with Crippen molar-refractivity contribution in [1.29, 1.82) is 5.26 Å². The molecule has 6 N–H and O–H groups in total. The second-order valence-corrected chi connectivity index (χ2v) is 8.71. The Morgan fingerprint density at radius 2 is 1.90 bits per heavy atom. The maximum atomic E-state index is 14.3. The van der Waals surface area contributed by atoms with Gasteiger partial charge in [-0.25, -0.2) is 4.39 Å². The Hall–Kier alpha value is -3.41. The summed E-state index contributed by atoms with van der Waals surface area (Å²) in [5.41, 5.74) is 20.8. The number of anilines is 2. The molecule has 0 radical (unpaired) electrons. The fraction of sp³-hybridized carbons (Fsp3) is 0.217. The normalized spacial score (nSPS) is 16.2. The average molecular weight is 436 g/mol. The van der Waals surface area contributed by atoms with Gasteiger partial charge in [0.25, 0.3) is 5.91 Å². The van der Waals surface area contributed by atoms with E-state index in [1.807, 2.05) is 12.1 Å². The summed E-state index contributed by atoms with van der Waals surface area (Å²) in [5, 5.41) is 9.04. The van der Waals surface area contributed by atoms with Gasteiger partial charge in [-0.3, -0.25) is 4.79 Å². The number of likely N-dealkylation sites (tertiary alicyclic amines) is 1. The molecule has 2 aromatic carbocycles. The van der Waals surface area contributed by atoms with Crippen LogP contribution in [0.4, 0.5) is 15.8 Å². The molecule has 31 heavy (non-hydrogen) atoms. The zero-order valence-corrected chi connectivity index (χ0v) is 17.6. The Kier molecular flexibility index (Phi) is 5.63. The summed E-state index contributed by atoms with van der Waals surface area (Å²) in [7, 11) is 0. The minimum absolute atomic E-state index is 0.0267. The van der Waals surface area contributed by atoms with Gasteiger partial charge in [0.1, 0.15) is 11.9 Å². The van der Waals surface area contributed by atoms with Crippen LogP contribution in [-0.4, -0.2) is 29.9 Å². The van der Waals surface area contributed by atoms with E-state index in [0.717, 1.165) is 23.3 Å². The number of hydrogen-bond donors (Lipinski definition) is 3. The Bertz CT molecular complexity index is 1200. The van der Waals surface area contributed by atoms with Gasteiger partial charge in [0, 0.05) is 29.6 Å². The maximum absolute atomic E-state index is 14.3. The first-order valence-electron chi connectivity index (χ1n) is 9.91. The zero-order valence-electron chi connectivity index (χ0n) is 16.8. The minimum Gasteiger partial charge on any atom is -0.397 e. The third kappa shape index (κ3) is 4.10. The topological polar surface area (TPSA) is 122 Å². The van der Waals surface area contributed by atoms with E-state index in [1.54, 1.807) is 29.2 Å². The van der Waals surface area contributed by atoms with E-state index in [0.29, 0.717) is 40.5 Å². The Morgan fingerprint density at radius 3 is 2.58 bits per heavy atom. The number of hydrogen-bond acceptors (Lipinski definition) is 6. The van der Waals surface area contributed by atoms with Crippen LogP contribution in [0.1, 0.15) is 28.1 Å². The third-order valence-electron chi connectivity index (χ3n) is 5.44. The molecule has 1 aliphatic rings. The van der Waals surface area contributed by atoms with E-state index in [2.05, 4.69) is 0 Å². The molecule has 1 unspecified atom stereocenters. The molecule has 0 saturated carbocycles. The van der Waals surface area contributed by atoms with Crippen molar-refractivity contribution in [2.24, 2.45) is 5.73 Å². The lowest BCUT2D eigenvalue weighted by Crippen LogP contribution is -2.45. The quantitative estimate of drug-likeness (QED) is 0.540. The molecule has 3 aromatic rings. The lowest BCUT2D eigenvalue weighted by molar-refractivity contribution is 0.0714. The molecule has 2 heterocycles. The summed E-state index contributed by atoms with van der Waals surface area (Å²) in [5.74, 6) is -0.700. The van der Waals surface area contributed by atoms with Crippen molar-refractivity contribution in [2.75, 3.05) is 24.6 Å². The molecule has 1 amide bonds. The predicted octanol–water partition coefficient (Wildman–Crippen LogP) is 3.82. The number of rotatable bonds is 3. The molecule has 1 saturated heterocycles. The second-order valence-electron chi connectivity index (χ2n) is 7.66. The number of thiophene rings is 1. The van der Waals surface area contributed by atoms with Crippen LogP contribution in [0, 0.1) is 17.1 Å². The molecule has 1 atom stereocenters. The van der Waals surface area contributed by atoms with Crippen LogP contribution in [0.15, 0.2) is 42.5 Å². The number of nitriles is 1. The predicted molar refractivity (Wildman–Crippen MR) is 122 cm³/mol. The fourth-order valence-corrected chi connectivity index (χ4v) is 4.91. The molecular weight excluding hydrogens is 413 g/mol. The molecule has 4 rings (SSSR count). The van der Waals surface area contributed by atoms with E-state index in [4.69, 9.17) is 22.5 Å². The maximum Gasteiger partial charge on any atom is 0.264 e. The van der Waals surface area contributed by atoms with E-state index >= 15 is 0 Å². The number of carbonyl (C=O) groups excluding carboxylic acids is 1. The van der Waals surface area contributed by atoms with Crippen LogP contribution in [0.5, 0.6) is 0 Å². The number of benzene rings is 2. The monoisotopic (exact) mass is 435 g/mol. The molecule has 0 spiro atoms. The van der Waals surface area contributed by atoms with Crippen molar-refractivity contribution in [2.45, 2.75) is 18.9 Å². The van der Waals surface area contributed by atoms with Crippen LogP contribution in [0.3, 0.4) is 0 Å². The molecule has 8 heteroatoms. The van der Waals surface area contributed by atoms with E-state index in [9.17, 15) is 9.18 Å². The van der Waals surface area contributed by atoms with Crippen molar-refractivity contribution in [3.8, 4) is 27.6 Å². The van der Waals surface area contributed by atoms with Gasteiger partial charge in [-0.15, -0.1) is 11.3 Å². The average Bonchev–Trinajstić information content (AvgIpc) is 3.20. The fourth-order valence-electron chi connectivity index (χ4n) is 3.76. The SMILES string of the molecule is N#Cc1ccc(-c2cc(C(=O)N3CCCC(N)C3)sc2-c2ccc(N)c(N)c2)cc1F. The molecule has 6 nitrogen and oxygen atoms in total. The molecule has 1 aromatic heterocycles. The minimum atomic E-state index is -0.608. The largest absolute Gasteiger partial charge is 0.397 e. The Morgan fingerprint density at radius 1 is 1.13 bits per heavy atom. The summed E-state index contributed by atoms with van der Waals surface area (Å²) in [6, 6.07) is 13.3. The Balaban J connectivity index is 1.82. The van der Waals surface area contributed by atoms with Gasteiger partial charge in [0.2, 0.25) is 0 Å². The highest BCUT2D eigenvalue weighted by Gasteiger charge is 2.25. The van der Waals surface area contributed by atoms with Crippen LogP contribution in [0.2, 0.25) is 0 Å². The summed E-state index contributed by atoms with van der Waals surface area (Å²) in [6.07, 6.45) is 1.77. The van der Waals surface area contributed by atoms with Gasteiger partial charge in [-0.1, -0.05) is 12.1 Å². The number of carbonyl (C=O) groups is 1. The first-order valence-corrected chi connectivity index (χ1v) is 10.7. The molecule has 0 aliphatic carbocycles. The van der Waals surface area contributed by atoms with Crippen molar-refractivity contribution >= 4 is 28.6 Å². The van der Waals surface area contributed by atoms with Crippen molar-refractivity contribution in [3.05, 3.63) is 58.7 Å². The van der Waals surface area contributed by atoms with E-state index in [1.165, 1.54) is 23.5 Å². The van der Waals surface area contributed by atoms with Gasteiger partial charge in [0.15, 0.2) is 0 Å². The van der Waals surface area contributed by atoms with E-state index in [-0.39, 0.29) is 17.5 Å². The van der Waals surface area contributed by atoms with Crippen LogP contribution in [0.25, 0.3) is 21.6 Å². The number of nitrogens with two attached hydrogens (primary N) is 3. The summed E-state index contributed by atoms with van der Waals surface area (Å²) < 4.78 is 14.3. The first kappa shape index (κ1) is 20.8. The second kappa shape index (κ2) is 8.38. The number of halogens is 1. The smallest absolute Gasteiger partial charge is 0.264 e. The highest BCUT2D eigenvalue weighted by atomic mass is 32.1. The summed E-state index contributed by atoms with van der Waals surface area (Å²) in [4.78, 5) is 16.3. The molecule has 1 fully saturated rings. The van der Waals surface area contributed by atoms with Crippen LogP contribution < -0.4 is 17.2 Å². The molecular formula is C23H22FN5OS. The van der Waals surface area contributed by atoms with E-state index < -0.39 is 5.82 Å². The van der Waals surface area contributed by atoms with Crippen molar-refractivity contribution in [3.63, 3.8) is 0 Å². The van der Waals surface area contributed by atoms with Gasteiger partial charge in [-0.2, -0.15) is 5.26 Å². The van der Waals surface area contributed by atoms with Gasteiger partial charge >= 0.3 is 0 Å². The van der Waals surface area contributed by atoms with Gasteiger partial charge in [-0.05, 0) is 54.3 Å². The standard InChI is InChI=1S/C23H22FN5OS/c24-18-8-13(3-4-15(18)11-25)17-10-21(23(30)29-7-1-2-16(26)12-29)31-22(17)14-5-6-19(27)20(28)9-14/h3-6,8-10,16H,1-2,7,12,26-28H2. The van der Waals surface area contributed by atoms with Crippen LogP contribution >= 0.6 is 11.3 Å². The van der Waals surface area contributed by atoms with Gasteiger partial charge < -0.3 is 22.1 Å². The van der Waals surface area contributed by atoms with Crippen LogP contribution in [-0.2, 0) is 0 Å². The number of nitrogens with zero attached hydrogens (tertiary/aromatic N) is 2. The lowest BCUT2D eigenvalue weighted by atomic mass is 10.00. The number of nitrogen functional groups attached to an aromatic ring is 2. The summed E-state index contributed by atoms with van der Waals surface area (Å²) in [6.45, 7) is 1.18. The zero-order chi connectivity index (χ0) is 22.1. The van der Waals surface area contributed by atoms with Crippen molar-refractivity contribution in [1.82, 2.24) is 4.90 Å². The highest BCUT2D eigenvalue weighted by molar-refractivity contribution is 7.18. The molecule has 158 valence electrons. The Labute approximate surface area is 183 Å². The van der Waals surface area contributed by atoms with Gasteiger partial charge in [0.05, 0.1) is 21.8 Å². The molecule has 0 bridgehead atoms. The number of piperidine rings is 1. The number of amides is 1.